The van der Waals surface area contributed by atoms with E-state index in [1.165, 1.54) is 0 Å². The highest BCUT2D eigenvalue weighted by atomic mass is 16.5. The van der Waals surface area contributed by atoms with Crippen molar-refractivity contribution in [2.45, 2.75) is 12.6 Å². The first-order valence-electron chi connectivity index (χ1n) is 6.89. The number of hydrogen-bond acceptors (Lipinski definition) is 4. The zero-order valence-corrected chi connectivity index (χ0v) is 12.4. The average molecular weight is 287 g/mol. The molecule has 0 aliphatic heterocycles. The molecule has 2 aromatic carbocycles. The predicted octanol–water partition coefficient (Wildman–Crippen LogP) is 2.53. The van der Waals surface area contributed by atoms with Crippen LogP contribution in [-0.4, -0.2) is 25.9 Å². The number of hydrogen-bond donors (Lipinski definition) is 2. The van der Waals surface area contributed by atoms with Crippen molar-refractivity contribution >= 4 is 0 Å². The summed E-state index contributed by atoms with van der Waals surface area (Å²) in [7, 11) is 3.24. The summed E-state index contributed by atoms with van der Waals surface area (Å²) in [5.41, 5.74) is 1.99. The largest absolute Gasteiger partial charge is 0.493 e. The molecule has 0 spiro atoms. The maximum absolute atomic E-state index is 10.1. The van der Waals surface area contributed by atoms with Gasteiger partial charge in [-0.25, -0.2) is 0 Å². The van der Waals surface area contributed by atoms with E-state index in [2.05, 4.69) is 5.32 Å². The SMILES string of the molecule is COc1ccc(CNCC(O)c2ccccc2)cc1OC. The Balaban J connectivity index is 1.89. The molecule has 0 bridgehead atoms. The first-order chi connectivity index (χ1) is 10.2. The lowest BCUT2D eigenvalue weighted by Gasteiger charge is -2.13. The van der Waals surface area contributed by atoms with E-state index in [-0.39, 0.29) is 0 Å². The lowest BCUT2D eigenvalue weighted by atomic mass is 10.1. The van der Waals surface area contributed by atoms with Gasteiger partial charge in [-0.05, 0) is 23.3 Å². The van der Waals surface area contributed by atoms with Crippen LogP contribution in [-0.2, 0) is 6.54 Å². The van der Waals surface area contributed by atoms with E-state index < -0.39 is 6.10 Å². The van der Waals surface area contributed by atoms with Gasteiger partial charge < -0.3 is 19.9 Å². The molecule has 0 amide bonds. The van der Waals surface area contributed by atoms with Gasteiger partial charge in [0, 0.05) is 13.1 Å². The van der Waals surface area contributed by atoms with Gasteiger partial charge in [-0.2, -0.15) is 0 Å². The van der Waals surface area contributed by atoms with Gasteiger partial charge in [-0.3, -0.25) is 0 Å². The van der Waals surface area contributed by atoms with Crippen molar-refractivity contribution in [2.75, 3.05) is 20.8 Å². The third kappa shape index (κ3) is 4.21. The molecule has 0 fully saturated rings. The van der Waals surface area contributed by atoms with Crippen molar-refractivity contribution in [2.24, 2.45) is 0 Å². The molecule has 2 N–H and O–H groups in total. The van der Waals surface area contributed by atoms with Crippen molar-refractivity contribution in [3.63, 3.8) is 0 Å². The van der Waals surface area contributed by atoms with Crippen molar-refractivity contribution in [1.29, 1.82) is 0 Å². The zero-order chi connectivity index (χ0) is 15.1. The van der Waals surface area contributed by atoms with Crippen molar-refractivity contribution in [3.05, 3.63) is 59.7 Å². The van der Waals surface area contributed by atoms with E-state index in [9.17, 15) is 5.11 Å². The van der Waals surface area contributed by atoms with Crippen LogP contribution < -0.4 is 14.8 Å². The van der Waals surface area contributed by atoms with E-state index in [0.29, 0.717) is 24.6 Å². The summed E-state index contributed by atoms with van der Waals surface area (Å²) in [6.07, 6.45) is -0.508. The second kappa shape index (κ2) is 7.67. The Bertz CT molecular complexity index is 557. The van der Waals surface area contributed by atoms with Crippen LogP contribution in [0.5, 0.6) is 11.5 Å². The summed E-state index contributed by atoms with van der Waals surface area (Å²) >= 11 is 0. The van der Waals surface area contributed by atoms with E-state index in [4.69, 9.17) is 9.47 Å². The van der Waals surface area contributed by atoms with Crippen molar-refractivity contribution in [1.82, 2.24) is 5.32 Å². The number of nitrogens with one attached hydrogen (secondary N) is 1. The second-order valence-electron chi connectivity index (χ2n) is 4.75. The molecule has 4 nitrogen and oxygen atoms in total. The van der Waals surface area contributed by atoms with E-state index >= 15 is 0 Å². The lowest BCUT2D eigenvalue weighted by Crippen LogP contribution is -2.21. The minimum absolute atomic E-state index is 0.498. The standard InChI is InChI=1S/C17H21NO3/c1-20-16-9-8-13(10-17(16)21-2)11-18-12-15(19)14-6-4-3-5-7-14/h3-10,15,18-19H,11-12H2,1-2H3. The molecule has 112 valence electrons. The van der Waals surface area contributed by atoms with E-state index in [1.807, 2.05) is 48.5 Å². The van der Waals surface area contributed by atoms with Gasteiger partial charge >= 0.3 is 0 Å². The predicted molar refractivity (Wildman–Crippen MR) is 82.7 cm³/mol. The molecule has 1 unspecified atom stereocenters. The fourth-order valence-electron chi connectivity index (χ4n) is 2.14. The Labute approximate surface area is 125 Å². The van der Waals surface area contributed by atoms with Gasteiger partial charge in [0.25, 0.3) is 0 Å². The molecule has 4 heteroatoms. The van der Waals surface area contributed by atoms with Gasteiger partial charge in [0.1, 0.15) is 0 Å². The van der Waals surface area contributed by atoms with Gasteiger partial charge in [0.05, 0.1) is 20.3 Å². The fourth-order valence-corrected chi connectivity index (χ4v) is 2.14. The van der Waals surface area contributed by atoms with Gasteiger partial charge in [0.15, 0.2) is 11.5 Å². The molecule has 0 aromatic heterocycles. The Morgan fingerprint density at radius 1 is 1.00 bits per heavy atom. The third-order valence-electron chi connectivity index (χ3n) is 3.30. The van der Waals surface area contributed by atoms with Crippen LogP contribution in [0.15, 0.2) is 48.5 Å². The number of methoxy groups -OCH3 is 2. The summed E-state index contributed by atoms with van der Waals surface area (Å²) in [6.45, 7) is 1.16. The monoisotopic (exact) mass is 287 g/mol. The highest BCUT2D eigenvalue weighted by Crippen LogP contribution is 2.27. The van der Waals surface area contributed by atoms with E-state index in [0.717, 1.165) is 11.1 Å². The quantitative estimate of drug-likeness (QED) is 0.821. The Morgan fingerprint density at radius 3 is 2.38 bits per heavy atom. The lowest BCUT2D eigenvalue weighted by molar-refractivity contribution is 0.174. The van der Waals surface area contributed by atoms with Crippen molar-refractivity contribution in [3.8, 4) is 11.5 Å². The maximum atomic E-state index is 10.1. The Morgan fingerprint density at radius 2 is 1.71 bits per heavy atom. The molecule has 0 saturated carbocycles. The summed E-state index contributed by atoms with van der Waals surface area (Å²) in [4.78, 5) is 0. The number of ether oxygens (including phenoxy) is 2. The van der Waals surface area contributed by atoms with E-state index in [1.54, 1.807) is 14.2 Å². The molecule has 0 radical (unpaired) electrons. The molecule has 2 aromatic rings. The van der Waals surface area contributed by atoms with Gasteiger partial charge in [-0.1, -0.05) is 36.4 Å². The summed E-state index contributed by atoms with van der Waals surface area (Å²) in [5.74, 6) is 1.42. The average Bonchev–Trinajstić information content (AvgIpc) is 2.55. The van der Waals surface area contributed by atoms with Crippen LogP contribution >= 0.6 is 0 Å². The molecule has 1 atom stereocenters. The first-order valence-corrected chi connectivity index (χ1v) is 6.89. The molecular weight excluding hydrogens is 266 g/mol. The highest BCUT2D eigenvalue weighted by Gasteiger charge is 2.07. The Kier molecular flexibility index (Phi) is 5.60. The highest BCUT2D eigenvalue weighted by molar-refractivity contribution is 5.42. The van der Waals surface area contributed by atoms with Crippen LogP contribution in [0.1, 0.15) is 17.2 Å². The summed E-state index contributed by atoms with van der Waals surface area (Å²) in [5, 5.41) is 13.3. The summed E-state index contributed by atoms with van der Waals surface area (Å²) < 4.78 is 10.5. The molecule has 2 rings (SSSR count). The number of aliphatic hydroxyl groups is 1. The number of rotatable bonds is 7. The second-order valence-corrected chi connectivity index (χ2v) is 4.75. The summed E-state index contributed by atoms with van der Waals surface area (Å²) in [6, 6.07) is 15.4. The Hall–Kier alpha value is -2.04. The van der Waals surface area contributed by atoms with Crippen LogP contribution in [0, 0.1) is 0 Å². The minimum atomic E-state index is -0.508. The van der Waals surface area contributed by atoms with Crippen LogP contribution in [0.3, 0.4) is 0 Å². The van der Waals surface area contributed by atoms with Crippen molar-refractivity contribution < 1.29 is 14.6 Å². The molecule has 21 heavy (non-hydrogen) atoms. The zero-order valence-electron chi connectivity index (χ0n) is 12.4. The molecular formula is C17H21NO3. The first kappa shape index (κ1) is 15.4. The smallest absolute Gasteiger partial charge is 0.161 e. The van der Waals surface area contributed by atoms with Crippen LogP contribution in [0.2, 0.25) is 0 Å². The van der Waals surface area contributed by atoms with Gasteiger partial charge in [-0.15, -0.1) is 0 Å². The molecule has 0 aliphatic rings. The number of benzene rings is 2. The normalized spacial score (nSPS) is 12.0. The fraction of sp³-hybridized carbons (Fsp3) is 0.294. The molecule has 0 saturated heterocycles. The van der Waals surface area contributed by atoms with Crippen LogP contribution in [0.25, 0.3) is 0 Å². The third-order valence-corrected chi connectivity index (χ3v) is 3.30. The molecule has 0 aliphatic carbocycles. The number of aliphatic hydroxyl groups excluding tert-OH is 1. The van der Waals surface area contributed by atoms with Crippen LogP contribution in [0.4, 0.5) is 0 Å². The maximum Gasteiger partial charge on any atom is 0.161 e. The topological polar surface area (TPSA) is 50.7 Å². The molecule has 0 heterocycles. The minimum Gasteiger partial charge on any atom is -0.493 e. The van der Waals surface area contributed by atoms with Gasteiger partial charge in [0.2, 0.25) is 0 Å².